The highest BCUT2D eigenvalue weighted by Crippen LogP contribution is 2.28. The molecule has 0 atom stereocenters. The standard InChI is InChI=1S/C19H13Br/c1-14-13-18(20)11-12-19(14)17-9-7-16(8-10-17)15-5-3-2-4-6-15/h2-3,5,7-13H,1H3. The molecule has 0 nitrogen and oxygen atoms in total. The predicted molar refractivity (Wildman–Crippen MR) is 87.4 cm³/mol. The summed E-state index contributed by atoms with van der Waals surface area (Å²) >= 11 is 3.50. The average molecular weight is 321 g/mol. The largest absolute Gasteiger partial charge is 0.0696 e. The lowest BCUT2D eigenvalue weighted by molar-refractivity contribution is 1.44. The minimum absolute atomic E-state index is 1.08. The van der Waals surface area contributed by atoms with Gasteiger partial charge in [0.1, 0.15) is 0 Å². The third-order valence-electron chi connectivity index (χ3n) is 3.34. The van der Waals surface area contributed by atoms with E-state index in [2.05, 4.69) is 83.5 Å². The molecule has 3 aromatic carbocycles. The molecule has 0 unspecified atom stereocenters. The zero-order valence-corrected chi connectivity index (χ0v) is 12.7. The van der Waals surface area contributed by atoms with E-state index >= 15 is 0 Å². The van der Waals surface area contributed by atoms with Crippen LogP contribution in [0.2, 0.25) is 0 Å². The van der Waals surface area contributed by atoms with Crippen molar-refractivity contribution in [2.75, 3.05) is 0 Å². The summed E-state index contributed by atoms with van der Waals surface area (Å²) < 4.78 is 1.12. The van der Waals surface area contributed by atoms with Crippen molar-refractivity contribution in [3.63, 3.8) is 0 Å². The van der Waals surface area contributed by atoms with Gasteiger partial charge in [0.25, 0.3) is 0 Å². The van der Waals surface area contributed by atoms with Gasteiger partial charge in [-0.15, -0.1) is 0 Å². The van der Waals surface area contributed by atoms with Gasteiger partial charge in [-0.3, -0.25) is 0 Å². The van der Waals surface area contributed by atoms with Crippen LogP contribution in [-0.2, 0) is 0 Å². The van der Waals surface area contributed by atoms with E-state index in [1.165, 1.54) is 22.3 Å². The fourth-order valence-electron chi connectivity index (χ4n) is 2.30. The van der Waals surface area contributed by atoms with Crippen molar-refractivity contribution in [2.24, 2.45) is 0 Å². The summed E-state index contributed by atoms with van der Waals surface area (Å²) in [7, 11) is 0. The first-order chi connectivity index (χ1) is 9.74. The third-order valence-corrected chi connectivity index (χ3v) is 3.84. The number of benzene rings is 2. The molecule has 0 aromatic heterocycles. The summed E-state index contributed by atoms with van der Waals surface area (Å²) in [5, 5.41) is 0. The number of rotatable bonds is 2. The van der Waals surface area contributed by atoms with E-state index in [-0.39, 0.29) is 0 Å². The van der Waals surface area contributed by atoms with Gasteiger partial charge >= 0.3 is 0 Å². The quantitative estimate of drug-likeness (QED) is 0.568. The highest BCUT2D eigenvalue weighted by molar-refractivity contribution is 9.10. The Hall–Kier alpha value is -2.04. The van der Waals surface area contributed by atoms with Crippen LogP contribution < -0.4 is 0 Å². The first-order valence-electron chi connectivity index (χ1n) is 6.49. The normalized spacial score (nSPS) is 10.1. The van der Waals surface area contributed by atoms with Crippen molar-refractivity contribution in [1.29, 1.82) is 0 Å². The van der Waals surface area contributed by atoms with Crippen molar-refractivity contribution in [3.8, 4) is 22.3 Å². The molecule has 0 aliphatic carbocycles. The monoisotopic (exact) mass is 320 g/mol. The molecule has 0 saturated carbocycles. The van der Waals surface area contributed by atoms with E-state index in [1.807, 2.05) is 12.1 Å². The second-order valence-electron chi connectivity index (χ2n) is 4.75. The maximum absolute atomic E-state index is 3.50. The summed E-state index contributed by atoms with van der Waals surface area (Å²) in [6.45, 7) is 2.13. The van der Waals surface area contributed by atoms with Crippen LogP contribution in [0.4, 0.5) is 0 Å². The van der Waals surface area contributed by atoms with Crippen LogP contribution in [-0.4, -0.2) is 0 Å². The van der Waals surface area contributed by atoms with E-state index in [4.69, 9.17) is 0 Å². The number of halogens is 1. The van der Waals surface area contributed by atoms with E-state index < -0.39 is 0 Å². The van der Waals surface area contributed by atoms with Crippen LogP contribution in [0.15, 0.2) is 65.1 Å². The minimum atomic E-state index is 1.08. The average Bonchev–Trinajstić information content (AvgIpc) is 2.48. The van der Waals surface area contributed by atoms with Crippen LogP contribution in [0, 0.1) is 19.1 Å². The minimum Gasteiger partial charge on any atom is -0.0696 e. The Morgan fingerprint density at radius 2 is 1.65 bits per heavy atom. The summed E-state index contributed by atoms with van der Waals surface area (Å²) in [4.78, 5) is 0. The van der Waals surface area contributed by atoms with Gasteiger partial charge in [-0.05, 0) is 53.4 Å². The molecule has 0 aliphatic rings. The lowest BCUT2D eigenvalue weighted by Gasteiger charge is -2.07. The van der Waals surface area contributed by atoms with E-state index in [0.29, 0.717) is 0 Å². The molecule has 0 bridgehead atoms. The zero-order valence-electron chi connectivity index (χ0n) is 11.2. The molecule has 1 heteroatoms. The van der Waals surface area contributed by atoms with E-state index in [1.54, 1.807) is 0 Å². The van der Waals surface area contributed by atoms with E-state index in [9.17, 15) is 0 Å². The number of hydrogen-bond donors (Lipinski definition) is 0. The highest BCUT2D eigenvalue weighted by atomic mass is 79.9. The molecular formula is C19H13Br. The molecule has 0 heterocycles. The predicted octanol–water partition coefficient (Wildman–Crippen LogP) is 5.69. The fourth-order valence-corrected chi connectivity index (χ4v) is 2.78. The van der Waals surface area contributed by atoms with E-state index in [0.717, 1.165) is 10.0 Å². The van der Waals surface area contributed by atoms with Crippen molar-refractivity contribution < 1.29 is 0 Å². The summed E-state index contributed by atoms with van der Waals surface area (Å²) in [6.07, 6.45) is 0. The summed E-state index contributed by atoms with van der Waals surface area (Å²) in [5.74, 6) is 0. The zero-order chi connectivity index (χ0) is 13.9. The molecule has 0 aliphatic heterocycles. The molecule has 0 fully saturated rings. The van der Waals surface area contributed by atoms with Crippen LogP contribution in [0.1, 0.15) is 5.56 Å². The van der Waals surface area contributed by atoms with Crippen molar-refractivity contribution >= 4 is 15.9 Å². The van der Waals surface area contributed by atoms with Crippen LogP contribution in [0.5, 0.6) is 0 Å². The molecule has 0 N–H and O–H groups in total. The van der Waals surface area contributed by atoms with Crippen molar-refractivity contribution in [2.45, 2.75) is 6.92 Å². The molecule has 20 heavy (non-hydrogen) atoms. The Kier molecular flexibility index (Phi) is 3.58. The molecule has 3 rings (SSSR count). The fraction of sp³-hybridized carbons (Fsp3) is 0.0526. The first kappa shape index (κ1) is 13.0. The molecule has 0 radical (unpaired) electrons. The van der Waals surface area contributed by atoms with Gasteiger partial charge in [0.05, 0.1) is 0 Å². The number of aryl methyl sites for hydroxylation is 1. The Morgan fingerprint density at radius 1 is 0.900 bits per heavy atom. The van der Waals surface area contributed by atoms with Crippen LogP contribution in [0.25, 0.3) is 22.3 Å². The van der Waals surface area contributed by atoms with Gasteiger partial charge in [0.15, 0.2) is 0 Å². The van der Waals surface area contributed by atoms with Crippen LogP contribution in [0.3, 0.4) is 0 Å². The molecule has 0 saturated heterocycles. The SMILES string of the molecule is Cc1cc(Br)ccc1-c1ccc(-c2c#cccc2)cc1. The van der Waals surface area contributed by atoms with Gasteiger partial charge in [0.2, 0.25) is 0 Å². The first-order valence-corrected chi connectivity index (χ1v) is 7.29. The second-order valence-corrected chi connectivity index (χ2v) is 5.66. The third kappa shape index (κ3) is 2.61. The van der Waals surface area contributed by atoms with Gasteiger partial charge in [0, 0.05) is 10.0 Å². The lowest BCUT2D eigenvalue weighted by Crippen LogP contribution is -1.84. The van der Waals surface area contributed by atoms with Gasteiger partial charge < -0.3 is 0 Å². The van der Waals surface area contributed by atoms with Crippen LogP contribution >= 0.6 is 15.9 Å². The number of hydrogen-bond acceptors (Lipinski definition) is 0. The maximum atomic E-state index is 3.50. The second kappa shape index (κ2) is 5.53. The Balaban J connectivity index is 1.97. The Bertz CT molecular complexity index is 713. The topological polar surface area (TPSA) is 0 Å². The molecule has 96 valence electrons. The lowest BCUT2D eigenvalue weighted by atomic mass is 9.98. The van der Waals surface area contributed by atoms with Gasteiger partial charge in [-0.2, -0.15) is 0 Å². The Morgan fingerprint density at radius 3 is 2.30 bits per heavy atom. The van der Waals surface area contributed by atoms with Crippen molar-refractivity contribution in [3.05, 3.63) is 82.8 Å². The summed E-state index contributed by atoms with van der Waals surface area (Å²) in [5.41, 5.74) is 6.01. The Labute approximate surface area is 128 Å². The van der Waals surface area contributed by atoms with Gasteiger partial charge in [-0.25, -0.2) is 0 Å². The van der Waals surface area contributed by atoms with Gasteiger partial charge in [-0.1, -0.05) is 64.5 Å². The molecular weight excluding hydrogens is 308 g/mol. The molecule has 3 aromatic rings. The van der Waals surface area contributed by atoms with Crippen molar-refractivity contribution in [1.82, 2.24) is 0 Å². The highest BCUT2D eigenvalue weighted by Gasteiger charge is 2.03. The maximum Gasteiger partial charge on any atom is 0.0321 e. The summed E-state index contributed by atoms with van der Waals surface area (Å²) in [6, 6.07) is 27.0. The molecule has 0 amide bonds. The smallest absolute Gasteiger partial charge is 0.0321 e. The molecule has 0 spiro atoms.